The number of primary amides is 1. The summed E-state index contributed by atoms with van der Waals surface area (Å²) in [5, 5.41) is 7.19. The molecule has 0 saturated heterocycles. The van der Waals surface area contributed by atoms with E-state index in [1.165, 1.54) is 38.5 Å². The first-order valence-corrected chi connectivity index (χ1v) is 9.13. The first kappa shape index (κ1) is 23.7. The monoisotopic (exact) mass is 368 g/mol. The number of rotatable bonds is 12. The largest absolute Gasteiger partial charge is 0.465 e. The molecule has 0 fully saturated rings. The van der Waals surface area contributed by atoms with Crippen molar-refractivity contribution in [2.45, 2.75) is 64.9 Å². The summed E-state index contributed by atoms with van der Waals surface area (Å²) in [6.45, 7) is 3.03. The summed E-state index contributed by atoms with van der Waals surface area (Å²) < 4.78 is 5.04. The minimum absolute atomic E-state index is 0.258. The first-order chi connectivity index (χ1) is 12.6. The van der Waals surface area contributed by atoms with Crippen molar-refractivity contribution in [3.05, 3.63) is 35.9 Å². The highest BCUT2D eigenvalue weighted by atomic mass is 16.7. The lowest BCUT2D eigenvalue weighted by Crippen LogP contribution is -2.25. The van der Waals surface area contributed by atoms with Crippen LogP contribution in [0, 0.1) is 0 Å². The van der Waals surface area contributed by atoms with Crippen molar-refractivity contribution in [3.8, 4) is 0 Å². The molecule has 0 aromatic heterocycles. The van der Waals surface area contributed by atoms with Crippen molar-refractivity contribution in [2.24, 2.45) is 5.73 Å². The van der Waals surface area contributed by atoms with Gasteiger partial charge in [0, 0.05) is 0 Å². The normalized spacial score (nSPS) is 9.73. The van der Waals surface area contributed by atoms with Gasteiger partial charge in [-0.25, -0.2) is 9.59 Å². The molecule has 1 rings (SSSR count). The van der Waals surface area contributed by atoms with Crippen molar-refractivity contribution in [3.63, 3.8) is 0 Å². The second-order valence-corrected chi connectivity index (χ2v) is 5.83. The number of nitrogens with two attached hydrogens (primary N) is 1. The van der Waals surface area contributed by atoms with Gasteiger partial charge < -0.3 is 15.6 Å². The lowest BCUT2D eigenvalue weighted by molar-refractivity contribution is 0.0236. The van der Waals surface area contributed by atoms with Gasteiger partial charge in [-0.05, 0) is 12.0 Å². The number of unbranched alkanes of at least 4 members (excludes halogenated alkanes) is 7. The van der Waals surface area contributed by atoms with Gasteiger partial charge in [-0.3, -0.25) is 4.84 Å². The van der Waals surface area contributed by atoms with E-state index in [0.717, 1.165) is 18.4 Å². The molecule has 7 nitrogen and oxygen atoms in total. The number of amides is 2. The molecule has 0 radical (unpaired) electrons. The van der Waals surface area contributed by atoms with E-state index < -0.39 is 12.2 Å². The molecule has 1 aromatic rings. The number of carbonyl (C=O) groups is 2. The smallest absolute Gasteiger partial charge is 0.431 e. The molecule has 0 bridgehead atoms. The third-order valence-electron chi connectivity index (χ3n) is 3.47. The molecule has 0 aliphatic carbocycles. The second-order valence-electron chi connectivity index (χ2n) is 5.83. The zero-order chi connectivity index (χ0) is 19.5. The molecule has 0 spiro atoms. The van der Waals surface area contributed by atoms with E-state index in [0.29, 0.717) is 6.61 Å². The highest BCUT2D eigenvalue weighted by Crippen LogP contribution is 2.08. The number of ether oxygens (including phenoxy) is 1. The molecule has 0 aliphatic rings. The Kier molecular flexibility index (Phi) is 16.0. The van der Waals surface area contributed by atoms with E-state index in [1.807, 2.05) is 30.3 Å². The van der Waals surface area contributed by atoms with Gasteiger partial charge >= 0.3 is 12.2 Å². The minimum Gasteiger partial charge on any atom is -0.465 e. The van der Waals surface area contributed by atoms with Crippen LogP contribution in [0.15, 0.2) is 30.3 Å². The molecule has 0 aliphatic heterocycles. The Labute approximate surface area is 155 Å². The van der Waals surface area contributed by atoms with Gasteiger partial charge in [-0.2, -0.15) is 5.48 Å². The Balaban J connectivity index is 0.00000141. The van der Waals surface area contributed by atoms with Crippen LogP contribution in [-0.2, 0) is 16.2 Å². The molecule has 148 valence electrons. The predicted octanol–water partition coefficient (Wildman–Crippen LogP) is 4.61. The molecule has 7 heteroatoms. The van der Waals surface area contributed by atoms with Crippen LogP contribution < -0.4 is 11.2 Å². The molecule has 0 unspecified atom stereocenters. The van der Waals surface area contributed by atoms with E-state index >= 15 is 0 Å². The molecule has 2 amide bonds. The molecule has 1 aromatic carbocycles. The highest BCUT2D eigenvalue weighted by molar-refractivity contribution is 5.65. The van der Waals surface area contributed by atoms with Crippen LogP contribution in [0.5, 0.6) is 0 Å². The molecule has 0 atom stereocenters. The number of benzene rings is 1. The summed E-state index contributed by atoms with van der Waals surface area (Å²) in [5.41, 5.74) is 7.30. The van der Waals surface area contributed by atoms with Gasteiger partial charge in [0.1, 0.15) is 6.61 Å². The summed E-state index contributed by atoms with van der Waals surface area (Å²) >= 11 is 0. The molecule has 0 heterocycles. The van der Waals surface area contributed by atoms with Crippen LogP contribution in [0.2, 0.25) is 0 Å². The van der Waals surface area contributed by atoms with E-state index in [2.05, 4.69) is 18.1 Å². The van der Waals surface area contributed by atoms with Crippen molar-refractivity contribution in [1.82, 2.24) is 5.48 Å². The fourth-order valence-corrected chi connectivity index (χ4v) is 2.17. The lowest BCUT2D eigenvalue weighted by Gasteiger charge is -2.07. The first-order valence-electron chi connectivity index (χ1n) is 9.13. The number of carbonyl (C=O) groups excluding carboxylic acids is 1. The Morgan fingerprint density at radius 1 is 1.00 bits per heavy atom. The quantitative estimate of drug-likeness (QED) is 0.368. The van der Waals surface area contributed by atoms with Crippen LogP contribution in [0.1, 0.15) is 63.9 Å². The summed E-state index contributed by atoms with van der Waals surface area (Å²) in [5.74, 6) is 0. The van der Waals surface area contributed by atoms with Gasteiger partial charge in [0.25, 0.3) is 0 Å². The average molecular weight is 368 g/mol. The number of nitrogens with one attached hydrogen (secondary N) is 1. The number of hydrogen-bond donors (Lipinski definition) is 3. The SMILES string of the molecule is CCCCCCCCCCONC(=O)OCc1ccccc1.NC(=O)O. The average Bonchev–Trinajstić information content (AvgIpc) is 2.62. The third kappa shape index (κ3) is 18.1. The third-order valence-corrected chi connectivity index (χ3v) is 3.47. The number of carboxylic acid groups (broad SMARTS) is 1. The van der Waals surface area contributed by atoms with Gasteiger partial charge in [0.15, 0.2) is 0 Å². The summed E-state index contributed by atoms with van der Waals surface area (Å²) in [7, 11) is 0. The molecular formula is C19H32N2O5. The predicted molar refractivity (Wildman–Crippen MR) is 101 cm³/mol. The van der Waals surface area contributed by atoms with E-state index in [-0.39, 0.29) is 6.61 Å². The second kappa shape index (κ2) is 17.5. The van der Waals surface area contributed by atoms with Gasteiger partial charge in [-0.1, -0.05) is 82.2 Å². The standard InChI is InChI=1S/C18H29NO3.CH3NO2/c1-2-3-4-5-6-7-8-12-15-22-19-18(20)21-16-17-13-10-9-11-14-17;2-1(3)4/h9-11,13-14H,2-8,12,15-16H2,1H3,(H,19,20);2H2,(H,3,4). The maximum Gasteiger partial charge on any atom is 0.431 e. The molecule has 4 N–H and O–H groups in total. The summed E-state index contributed by atoms with van der Waals surface area (Å²) in [6.07, 6.45) is 8.10. The maximum absolute atomic E-state index is 11.4. The van der Waals surface area contributed by atoms with E-state index in [4.69, 9.17) is 19.5 Å². The Morgan fingerprint density at radius 3 is 2.12 bits per heavy atom. The number of hydrogen-bond acceptors (Lipinski definition) is 4. The van der Waals surface area contributed by atoms with Gasteiger partial charge in [0.05, 0.1) is 6.61 Å². The Hall–Kier alpha value is -2.28. The lowest BCUT2D eigenvalue weighted by atomic mass is 10.1. The summed E-state index contributed by atoms with van der Waals surface area (Å²) in [4.78, 5) is 25.3. The number of hydroxylamine groups is 1. The molecule has 0 saturated carbocycles. The Bertz CT molecular complexity index is 464. The minimum atomic E-state index is -1.33. The van der Waals surface area contributed by atoms with Crippen molar-refractivity contribution < 1.29 is 24.3 Å². The van der Waals surface area contributed by atoms with Gasteiger partial charge in [-0.15, -0.1) is 0 Å². The van der Waals surface area contributed by atoms with Crippen LogP contribution >= 0.6 is 0 Å². The zero-order valence-electron chi connectivity index (χ0n) is 15.6. The fourth-order valence-electron chi connectivity index (χ4n) is 2.17. The van der Waals surface area contributed by atoms with Crippen LogP contribution in [0.3, 0.4) is 0 Å². The fraction of sp³-hybridized carbons (Fsp3) is 0.579. The van der Waals surface area contributed by atoms with Crippen molar-refractivity contribution >= 4 is 12.2 Å². The summed E-state index contributed by atoms with van der Waals surface area (Å²) in [6, 6.07) is 9.57. The van der Waals surface area contributed by atoms with Gasteiger partial charge in [0.2, 0.25) is 0 Å². The van der Waals surface area contributed by atoms with Crippen molar-refractivity contribution in [2.75, 3.05) is 6.61 Å². The Morgan fingerprint density at radius 2 is 1.54 bits per heavy atom. The highest BCUT2D eigenvalue weighted by Gasteiger charge is 2.02. The van der Waals surface area contributed by atoms with Crippen LogP contribution in [-0.4, -0.2) is 23.9 Å². The molecule has 26 heavy (non-hydrogen) atoms. The zero-order valence-corrected chi connectivity index (χ0v) is 15.6. The topological polar surface area (TPSA) is 111 Å². The van der Waals surface area contributed by atoms with Crippen molar-refractivity contribution in [1.29, 1.82) is 0 Å². The maximum atomic E-state index is 11.4. The van der Waals surface area contributed by atoms with Crippen LogP contribution in [0.25, 0.3) is 0 Å². The van der Waals surface area contributed by atoms with Crippen LogP contribution in [0.4, 0.5) is 9.59 Å². The van der Waals surface area contributed by atoms with E-state index in [9.17, 15) is 4.79 Å². The molecular weight excluding hydrogens is 336 g/mol. The van der Waals surface area contributed by atoms with E-state index in [1.54, 1.807) is 0 Å².